The second-order valence-electron chi connectivity index (χ2n) is 2.35. The third-order valence-corrected chi connectivity index (χ3v) is 2.37. The van der Waals surface area contributed by atoms with Crippen LogP contribution < -0.4 is 0 Å². The Balaban J connectivity index is 0.000000461. The summed E-state index contributed by atoms with van der Waals surface area (Å²) in [5.41, 5.74) is 0. The maximum Gasteiger partial charge on any atom is 0.267 e. The zero-order valence-electron chi connectivity index (χ0n) is 8.65. The molecule has 2 aromatic rings. The molecule has 0 aliphatic heterocycles. The molecule has 0 radical (unpaired) electrons. The van der Waals surface area contributed by atoms with Crippen molar-refractivity contribution in [1.82, 2.24) is 10.1 Å². The Hall–Kier alpha value is -1.16. The molecule has 2 aromatic heterocycles. The molecule has 0 spiro atoms. The topological polar surface area (TPSA) is 38.9 Å². The summed E-state index contributed by atoms with van der Waals surface area (Å²) in [6.45, 7) is 6.00. The normalized spacial score (nSPS) is 9.36. The molecule has 3 nitrogen and oxygen atoms in total. The molecule has 0 aliphatic carbocycles. The van der Waals surface area contributed by atoms with Crippen LogP contribution in [0.3, 0.4) is 0 Å². The van der Waals surface area contributed by atoms with Crippen LogP contribution in [0.2, 0.25) is 0 Å². The summed E-state index contributed by atoms with van der Waals surface area (Å²) in [6.07, 6.45) is 0.814. The monoisotopic (exact) mass is 210 g/mol. The fraction of sp³-hybridized carbons (Fsp3) is 0.400. The molecule has 0 fully saturated rings. The van der Waals surface area contributed by atoms with E-state index in [2.05, 4.69) is 10.1 Å². The lowest BCUT2D eigenvalue weighted by molar-refractivity contribution is 0.424. The summed E-state index contributed by atoms with van der Waals surface area (Å²) in [5, 5.41) is 5.80. The number of thiophene rings is 1. The van der Waals surface area contributed by atoms with Gasteiger partial charge in [-0.15, -0.1) is 11.3 Å². The zero-order chi connectivity index (χ0) is 10.4. The smallest absolute Gasteiger partial charge is 0.267 e. The molecule has 0 aliphatic rings. The van der Waals surface area contributed by atoms with Crippen LogP contribution in [0.15, 0.2) is 22.0 Å². The summed E-state index contributed by atoms with van der Waals surface area (Å²) in [6, 6.07) is 3.94. The van der Waals surface area contributed by atoms with Gasteiger partial charge < -0.3 is 4.52 Å². The van der Waals surface area contributed by atoms with Crippen molar-refractivity contribution in [3.05, 3.63) is 23.3 Å². The molecular weight excluding hydrogens is 196 g/mol. The molecule has 0 N–H and O–H groups in total. The lowest BCUT2D eigenvalue weighted by Gasteiger charge is -1.81. The van der Waals surface area contributed by atoms with E-state index >= 15 is 0 Å². The lowest BCUT2D eigenvalue weighted by atomic mass is 10.4. The Morgan fingerprint density at radius 1 is 1.43 bits per heavy atom. The van der Waals surface area contributed by atoms with E-state index in [1.807, 2.05) is 38.3 Å². The van der Waals surface area contributed by atoms with Crippen molar-refractivity contribution in [2.45, 2.75) is 27.2 Å². The van der Waals surface area contributed by atoms with Crippen molar-refractivity contribution in [2.75, 3.05) is 0 Å². The summed E-state index contributed by atoms with van der Waals surface area (Å²) < 4.78 is 5.05. The Bertz CT molecular complexity index is 354. The highest BCUT2D eigenvalue weighted by Gasteiger charge is 2.06. The summed E-state index contributed by atoms with van der Waals surface area (Å²) in [7, 11) is 0. The van der Waals surface area contributed by atoms with Gasteiger partial charge in [0.05, 0.1) is 4.88 Å². The third kappa shape index (κ3) is 2.42. The molecule has 76 valence electrons. The number of hydrogen-bond acceptors (Lipinski definition) is 4. The zero-order valence-corrected chi connectivity index (χ0v) is 9.47. The highest BCUT2D eigenvalue weighted by atomic mass is 32.1. The minimum Gasteiger partial charge on any atom is -0.333 e. The summed E-state index contributed by atoms with van der Waals surface area (Å²) in [4.78, 5) is 5.23. The van der Waals surface area contributed by atoms with Gasteiger partial charge in [0.25, 0.3) is 5.89 Å². The number of hydrogen-bond donors (Lipinski definition) is 0. The van der Waals surface area contributed by atoms with Crippen molar-refractivity contribution < 1.29 is 4.52 Å². The van der Waals surface area contributed by atoms with Crippen molar-refractivity contribution in [2.24, 2.45) is 0 Å². The second kappa shape index (κ2) is 5.54. The SMILES string of the molecule is CC.CCc1noc(-c2cccs2)n1. The van der Waals surface area contributed by atoms with Crippen LogP contribution in [-0.2, 0) is 6.42 Å². The first-order chi connectivity index (χ1) is 6.90. The van der Waals surface area contributed by atoms with E-state index in [0.29, 0.717) is 5.89 Å². The standard InChI is InChI=1S/C8H8N2OS.C2H6/c1-2-7-9-8(11-10-7)6-4-3-5-12-6;1-2/h3-5H,2H2,1H3;1-2H3. The molecule has 0 amide bonds. The van der Waals surface area contributed by atoms with Crippen LogP contribution >= 0.6 is 11.3 Å². The Morgan fingerprint density at radius 3 is 2.71 bits per heavy atom. The minimum atomic E-state index is 0.627. The predicted molar refractivity (Wildman–Crippen MR) is 58.3 cm³/mol. The van der Waals surface area contributed by atoms with E-state index in [1.54, 1.807) is 11.3 Å². The first-order valence-corrected chi connectivity index (χ1v) is 5.64. The predicted octanol–water partition coefficient (Wildman–Crippen LogP) is 3.39. The summed E-state index contributed by atoms with van der Waals surface area (Å²) in [5.74, 6) is 1.39. The number of aryl methyl sites for hydroxylation is 1. The number of rotatable bonds is 2. The van der Waals surface area contributed by atoms with Crippen LogP contribution in [0.25, 0.3) is 10.8 Å². The molecule has 0 atom stereocenters. The highest BCUT2D eigenvalue weighted by Crippen LogP contribution is 2.22. The van der Waals surface area contributed by atoms with E-state index in [4.69, 9.17) is 4.52 Å². The Morgan fingerprint density at radius 2 is 2.21 bits per heavy atom. The Kier molecular flexibility index (Phi) is 4.32. The van der Waals surface area contributed by atoms with E-state index < -0.39 is 0 Å². The second-order valence-corrected chi connectivity index (χ2v) is 3.29. The van der Waals surface area contributed by atoms with E-state index in [0.717, 1.165) is 17.1 Å². The molecule has 0 saturated carbocycles. The van der Waals surface area contributed by atoms with Gasteiger partial charge in [0, 0.05) is 6.42 Å². The highest BCUT2D eigenvalue weighted by molar-refractivity contribution is 7.13. The van der Waals surface area contributed by atoms with Gasteiger partial charge in [-0.3, -0.25) is 0 Å². The molecule has 4 heteroatoms. The minimum absolute atomic E-state index is 0.627. The van der Waals surface area contributed by atoms with Gasteiger partial charge in [-0.05, 0) is 11.4 Å². The first kappa shape index (κ1) is 10.9. The average Bonchev–Trinajstić information content (AvgIpc) is 2.91. The fourth-order valence-electron chi connectivity index (χ4n) is 0.898. The molecule has 0 unspecified atom stereocenters. The molecule has 0 bridgehead atoms. The van der Waals surface area contributed by atoms with Gasteiger partial charge in [-0.25, -0.2) is 0 Å². The van der Waals surface area contributed by atoms with Gasteiger partial charge >= 0.3 is 0 Å². The van der Waals surface area contributed by atoms with Crippen LogP contribution in [0.1, 0.15) is 26.6 Å². The van der Waals surface area contributed by atoms with Crippen molar-refractivity contribution in [3.8, 4) is 10.8 Å². The molecule has 2 rings (SSSR count). The first-order valence-electron chi connectivity index (χ1n) is 4.76. The van der Waals surface area contributed by atoms with Crippen molar-refractivity contribution in [3.63, 3.8) is 0 Å². The number of nitrogens with zero attached hydrogens (tertiary/aromatic N) is 2. The van der Waals surface area contributed by atoms with E-state index in [1.165, 1.54) is 0 Å². The molecule has 14 heavy (non-hydrogen) atoms. The van der Waals surface area contributed by atoms with Gasteiger partial charge in [0.15, 0.2) is 5.82 Å². The van der Waals surface area contributed by atoms with Gasteiger partial charge in [-0.1, -0.05) is 32.0 Å². The van der Waals surface area contributed by atoms with Crippen molar-refractivity contribution in [1.29, 1.82) is 0 Å². The van der Waals surface area contributed by atoms with Crippen molar-refractivity contribution >= 4 is 11.3 Å². The van der Waals surface area contributed by atoms with Crippen LogP contribution in [-0.4, -0.2) is 10.1 Å². The van der Waals surface area contributed by atoms with Crippen LogP contribution in [0, 0.1) is 0 Å². The molecular formula is C10H14N2OS. The quantitative estimate of drug-likeness (QED) is 0.762. The Labute approximate surface area is 87.8 Å². The molecule has 2 heterocycles. The maximum atomic E-state index is 5.05. The largest absolute Gasteiger partial charge is 0.333 e. The van der Waals surface area contributed by atoms with Crippen LogP contribution in [0.5, 0.6) is 0 Å². The maximum absolute atomic E-state index is 5.05. The lowest BCUT2D eigenvalue weighted by Crippen LogP contribution is -1.80. The van der Waals surface area contributed by atoms with Crippen LogP contribution in [0.4, 0.5) is 0 Å². The third-order valence-electron chi connectivity index (χ3n) is 1.52. The molecule has 0 saturated heterocycles. The number of aromatic nitrogens is 2. The van der Waals surface area contributed by atoms with Gasteiger partial charge in [-0.2, -0.15) is 4.98 Å². The molecule has 0 aromatic carbocycles. The summed E-state index contributed by atoms with van der Waals surface area (Å²) >= 11 is 1.60. The van der Waals surface area contributed by atoms with Gasteiger partial charge in [0.2, 0.25) is 0 Å². The van der Waals surface area contributed by atoms with E-state index in [9.17, 15) is 0 Å². The van der Waals surface area contributed by atoms with Gasteiger partial charge in [0.1, 0.15) is 0 Å². The van der Waals surface area contributed by atoms with E-state index in [-0.39, 0.29) is 0 Å². The average molecular weight is 210 g/mol. The fourth-order valence-corrected chi connectivity index (χ4v) is 1.54.